The number of nitrogens with zero attached hydrogens (tertiary/aromatic N) is 1. The fraction of sp³-hybridized carbons (Fsp3) is 0.333. The first-order chi connectivity index (χ1) is 12.7. The monoisotopic (exact) mass is 389 g/mol. The number of aromatic carboxylic acids is 1. The quantitative estimate of drug-likeness (QED) is 0.774. The van der Waals surface area contributed by atoms with Gasteiger partial charge in [0.2, 0.25) is 0 Å². The number of hydrogen-bond acceptors (Lipinski definition) is 2. The van der Waals surface area contributed by atoms with E-state index in [1.807, 2.05) is 19.9 Å². The lowest BCUT2D eigenvalue weighted by Gasteiger charge is -2.34. The minimum absolute atomic E-state index is 0.0659. The molecule has 3 rings (SSSR count). The summed E-state index contributed by atoms with van der Waals surface area (Å²) in [4.78, 5) is 26.3. The summed E-state index contributed by atoms with van der Waals surface area (Å²) >= 11 is 6.11. The van der Waals surface area contributed by atoms with Crippen molar-refractivity contribution in [3.63, 3.8) is 0 Å². The van der Waals surface area contributed by atoms with Crippen LogP contribution in [0.4, 0.5) is 4.39 Å². The molecule has 2 aromatic rings. The van der Waals surface area contributed by atoms with Gasteiger partial charge in [0, 0.05) is 6.04 Å². The first-order valence-corrected chi connectivity index (χ1v) is 9.23. The molecular weight excluding hydrogens is 369 g/mol. The highest BCUT2D eigenvalue weighted by molar-refractivity contribution is 6.33. The number of hydrogen-bond donors (Lipinski definition) is 1. The highest BCUT2D eigenvalue weighted by Crippen LogP contribution is 2.45. The Balaban J connectivity index is 2.06. The van der Waals surface area contributed by atoms with Gasteiger partial charge in [0.05, 0.1) is 22.2 Å². The van der Waals surface area contributed by atoms with Crippen molar-refractivity contribution in [3.8, 4) is 0 Å². The van der Waals surface area contributed by atoms with Crippen molar-refractivity contribution in [1.82, 2.24) is 4.90 Å². The van der Waals surface area contributed by atoms with Crippen molar-refractivity contribution in [2.45, 2.75) is 45.2 Å². The molecule has 2 aromatic carbocycles. The van der Waals surface area contributed by atoms with Crippen LogP contribution in [0.25, 0.3) is 0 Å². The van der Waals surface area contributed by atoms with E-state index in [0.717, 1.165) is 17.2 Å². The molecule has 4 nitrogen and oxygen atoms in total. The molecule has 0 bridgehead atoms. The predicted molar refractivity (Wildman–Crippen MR) is 102 cm³/mol. The molecule has 1 unspecified atom stereocenters. The van der Waals surface area contributed by atoms with Crippen molar-refractivity contribution in [2.24, 2.45) is 0 Å². The van der Waals surface area contributed by atoms with Crippen LogP contribution in [0.15, 0.2) is 36.4 Å². The largest absolute Gasteiger partial charge is 0.478 e. The van der Waals surface area contributed by atoms with Gasteiger partial charge in [0.1, 0.15) is 5.82 Å². The molecule has 1 aliphatic carbocycles. The van der Waals surface area contributed by atoms with Gasteiger partial charge >= 0.3 is 5.97 Å². The third-order valence-electron chi connectivity index (χ3n) is 5.09. The summed E-state index contributed by atoms with van der Waals surface area (Å²) < 4.78 is 13.4. The third-order valence-corrected chi connectivity index (χ3v) is 5.40. The Morgan fingerprint density at radius 1 is 1.19 bits per heavy atom. The third kappa shape index (κ3) is 3.56. The van der Waals surface area contributed by atoms with Gasteiger partial charge in [-0.1, -0.05) is 24.6 Å². The zero-order valence-electron chi connectivity index (χ0n) is 15.4. The number of carbonyl (C=O) groups excluding carboxylic acids is 1. The minimum Gasteiger partial charge on any atom is -0.478 e. The number of amides is 1. The molecule has 2 atom stereocenters. The molecule has 0 aromatic heterocycles. The second-order valence-corrected chi connectivity index (χ2v) is 7.64. The molecule has 0 heterocycles. The van der Waals surface area contributed by atoms with Gasteiger partial charge in [-0.3, -0.25) is 4.79 Å². The van der Waals surface area contributed by atoms with Crippen molar-refractivity contribution in [1.29, 1.82) is 0 Å². The Bertz CT molecular complexity index is 912. The second kappa shape index (κ2) is 7.31. The molecule has 0 fully saturated rings. The minimum atomic E-state index is -1.000. The van der Waals surface area contributed by atoms with Crippen molar-refractivity contribution < 1.29 is 19.1 Å². The number of carbonyl (C=O) groups is 2. The van der Waals surface area contributed by atoms with E-state index < -0.39 is 11.8 Å². The number of carboxylic acids is 1. The smallest absolute Gasteiger partial charge is 0.335 e. The van der Waals surface area contributed by atoms with Crippen molar-refractivity contribution in [3.05, 3.63) is 69.5 Å². The predicted octanol–water partition coefficient (Wildman–Crippen LogP) is 5.28. The summed E-state index contributed by atoms with van der Waals surface area (Å²) in [5.41, 5.74) is 2.34. The van der Waals surface area contributed by atoms with Crippen LogP contribution in [-0.4, -0.2) is 27.9 Å². The maximum Gasteiger partial charge on any atom is 0.335 e. The van der Waals surface area contributed by atoms with Gasteiger partial charge in [-0.05, 0) is 67.6 Å². The lowest BCUT2D eigenvalue weighted by Crippen LogP contribution is -2.39. The maximum atomic E-state index is 13.4. The maximum absolute atomic E-state index is 13.4. The molecule has 6 heteroatoms. The number of benzene rings is 2. The van der Waals surface area contributed by atoms with Gasteiger partial charge in [-0.15, -0.1) is 0 Å². The average Bonchev–Trinajstić information content (AvgIpc) is 2.90. The Labute approximate surface area is 162 Å². The first-order valence-electron chi connectivity index (χ1n) is 8.85. The molecule has 0 saturated carbocycles. The molecule has 1 aliphatic rings. The number of halogens is 2. The van der Waals surface area contributed by atoms with E-state index in [1.165, 1.54) is 12.1 Å². The van der Waals surface area contributed by atoms with Gasteiger partial charge in [-0.2, -0.15) is 0 Å². The van der Waals surface area contributed by atoms with Crippen LogP contribution in [0, 0.1) is 5.82 Å². The van der Waals surface area contributed by atoms with Gasteiger partial charge in [0.15, 0.2) is 0 Å². The molecule has 0 radical (unpaired) electrons. The summed E-state index contributed by atoms with van der Waals surface area (Å²) in [6, 6.07) is 8.41. The molecular formula is C21H21ClFNO3. The second-order valence-electron chi connectivity index (χ2n) is 7.23. The van der Waals surface area contributed by atoms with Crippen molar-refractivity contribution in [2.75, 3.05) is 0 Å². The van der Waals surface area contributed by atoms with Crippen LogP contribution < -0.4 is 0 Å². The summed E-state index contributed by atoms with van der Waals surface area (Å²) in [5, 5.41) is 9.40. The topological polar surface area (TPSA) is 57.6 Å². The Kier molecular flexibility index (Phi) is 5.24. The molecule has 1 amide bonds. The normalized spacial score (nSPS) is 18.4. The van der Waals surface area contributed by atoms with E-state index in [4.69, 9.17) is 11.6 Å². The van der Waals surface area contributed by atoms with E-state index in [2.05, 4.69) is 6.92 Å². The molecule has 0 aliphatic heterocycles. The standard InChI is InChI=1S/C21H21ClFNO3/c1-11(2)24(20(25)16-7-5-14(23)10-18(16)22)19-8-12(3)15-6-4-13(21(26)27)9-17(15)19/h4-7,9-12,19H,8H2,1-3H3,(H,26,27)/t12?,19-/m1/s1. The van der Waals surface area contributed by atoms with Gasteiger partial charge < -0.3 is 10.0 Å². The molecule has 1 N–H and O–H groups in total. The summed E-state index contributed by atoms with van der Waals surface area (Å²) in [5.74, 6) is -1.59. The summed E-state index contributed by atoms with van der Waals surface area (Å²) in [7, 11) is 0. The summed E-state index contributed by atoms with van der Waals surface area (Å²) in [6.45, 7) is 5.87. The van der Waals surface area contributed by atoms with E-state index >= 15 is 0 Å². The highest BCUT2D eigenvalue weighted by atomic mass is 35.5. The van der Waals surface area contributed by atoms with E-state index in [9.17, 15) is 19.1 Å². The van der Waals surface area contributed by atoms with Gasteiger partial charge in [-0.25, -0.2) is 9.18 Å². The van der Waals surface area contributed by atoms with Crippen LogP contribution >= 0.6 is 11.6 Å². The fourth-order valence-electron chi connectivity index (χ4n) is 3.84. The van der Waals surface area contributed by atoms with Gasteiger partial charge in [0.25, 0.3) is 5.91 Å². The lowest BCUT2D eigenvalue weighted by atomic mass is 10.0. The van der Waals surface area contributed by atoms with Crippen LogP contribution in [-0.2, 0) is 0 Å². The van der Waals surface area contributed by atoms with Crippen LogP contribution in [0.1, 0.15) is 71.0 Å². The molecule has 0 saturated heterocycles. The molecule has 27 heavy (non-hydrogen) atoms. The summed E-state index contributed by atoms with van der Waals surface area (Å²) in [6.07, 6.45) is 0.696. The molecule has 0 spiro atoms. The zero-order chi connectivity index (χ0) is 19.9. The van der Waals surface area contributed by atoms with Crippen LogP contribution in [0.2, 0.25) is 5.02 Å². The Morgan fingerprint density at radius 3 is 2.48 bits per heavy atom. The molecule has 142 valence electrons. The SMILES string of the molecule is CC1C[C@@H](N(C(=O)c2ccc(F)cc2Cl)C(C)C)c2cc(C(=O)O)ccc21. The Morgan fingerprint density at radius 2 is 1.89 bits per heavy atom. The van der Waals surface area contributed by atoms with Crippen molar-refractivity contribution >= 4 is 23.5 Å². The lowest BCUT2D eigenvalue weighted by molar-refractivity contribution is 0.0602. The zero-order valence-corrected chi connectivity index (χ0v) is 16.1. The number of fused-ring (bicyclic) bond motifs is 1. The van der Waals surface area contributed by atoms with E-state index in [-0.39, 0.29) is 40.1 Å². The first kappa shape index (κ1) is 19.4. The Hall–Kier alpha value is -2.40. The highest BCUT2D eigenvalue weighted by Gasteiger charge is 2.37. The van der Waals surface area contributed by atoms with Crippen LogP contribution in [0.5, 0.6) is 0 Å². The van der Waals surface area contributed by atoms with E-state index in [1.54, 1.807) is 17.0 Å². The number of rotatable bonds is 4. The van der Waals surface area contributed by atoms with E-state index in [0.29, 0.717) is 6.42 Å². The van der Waals surface area contributed by atoms with Crippen LogP contribution in [0.3, 0.4) is 0 Å². The average molecular weight is 390 g/mol. The number of carboxylic acid groups (broad SMARTS) is 1. The fourth-order valence-corrected chi connectivity index (χ4v) is 4.08.